The van der Waals surface area contributed by atoms with E-state index in [9.17, 15) is 4.79 Å². The van der Waals surface area contributed by atoms with Gasteiger partial charge in [-0.3, -0.25) is 9.89 Å². The fraction of sp³-hybridized carbons (Fsp3) is 0.200. The molecule has 0 unspecified atom stereocenters. The van der Waals surface area contributed by atoms with Gasteiger partial charge in [-0.05, 0) is 38.1 Å². The van der Waals surface area contributed by atoms with Crippen LogP contribution in [0.4, 0.5) is 0 Å². The van der Waals surface area contributed by atoms with Crippen molar-refractivity contribution in [3.05, 3.63) is 51.9 Å². The summed E-state index contributed by atoms with van der Waals surface area (Å²) in [6.07, 6.45) is 0. The van der Waals surface area contributed by atoms with Gasteiger partial charge in [0.05, 0.1) is 5.69 Å². The van der Waals surface area contributed by atoms with Crippen LogP contribution in [0, 0.1) is 13.8 Å². The molecule has 0 saturated carbocycles. The predicted octanol–water partition coefficient (Wildman–Crippen LogP) is 3.09. The highest BCUT2D eigenvalue weighted by molar-refractivity contribution is 6.31. The maximum atomic E-state index is 12.2. The van der Waals surface area contributed by atoms with E-state index in [1.54, 1.807) is 12.1 Å². The normalized spacial score (nSPS) is 11.0. The van der Waals surface area contributed by atoms with Crippen molar-refractivity contribution in [2.45, 2.75) is 20.4 Å². The number of nitrogens with one attached hydrogen (secondary N) is 3. The molecule has 5 nitrogen and oxygen atoms in total. The van der Waals surface area contributed by atoms with Crippen molar-refractivity contribution in [3.8, 4) is 0 Å². The molecule has 108 valence electrons. The van der Waals surface area contributed by atoms with Gasteiger partial charge in [-0.25, -0.2) is 0 Å². The van der Waals surface area contributed by atoms with Crippen LogP contribution in [0.5, 0.6) is 0 Å². The number of H-pyrrole nitrogens is 2. The molecule has 21 heavy (non-hydrogen) atoms. The lowest BCUT2D eigenvalue weighted by molar-refractivity contribution is 0.0946. The molecule has 0 aliphatic rings. The average molecular weight is 303 g/mol. The molecule has 2 aromatic heterocycles. The SMILES string of the molecule is Cc1n[nH]c(C)c1CNC(=O)c1cc2cc(Cl)ccc2[nH]1. The van der Waals surface area contributed by atoms with Crippen LogP contribution in [0.3, 0.4) is 0 Å². The van der Waals surface area contributed by atoms with Crippen LogP contribution in [0.25, 0.3) is 10.9 Å². The third kappa shape index (κ3) is 2.64. The number of fused-ring (bicyclic) bond motifs is 1. The number of benzene rings is 1. The molecule has 1 aromatic carbocycles. The number of hydrogen-bond donors (Lipinski definition) is 3. The molecule has 1 amide bonds. The standard InChI is InChI=1S/C15H15ClN4O/c1-8-12(9(2)20-19-8)7-17-15(21)14-6-10-5-11(16)3-4-13(10)18-14/h3-6,18H,7H2,1-2H3,(H,17,21)(H,19,20). The first kappa shape index (κ1) is 13.7. The summed E-state index contributed by atoms with van der Waals surface area (Å²) in [6.45, 7) is 4.30. The number of nitrogens with zero attached hydrogens (tertiary/aromatic N) is 1. The monoisotopic (exact) mass is 302 g/mol. The van der Waals surface area contributed by atoms with Crippen molar-refractivity contribution < 1.29 is 4.79 Å². The Morgan fingerprint density at radius 3 is 2.86 bits per heavy atom. The lowest BCUT2D eigenvalue weighted by atomic mass is 10.2. The van der Waals surface area contributed by atoms with Crippen molar-refractivity contribution in [2.24, 2.45) is 0 Å². The molecule has 0 fully saturated rings. The number of rotatable bonds is 3. The van der Waals surface area contributed by atoms with E-state index >= 15 is 0 Å². The Morgan fingerprint density at radius 1 is 1.33 bits per heavy atom. The quantitative estimate of drug-likeness (QED) is 0.695. The Labute approximate surface area is 126 Å². The van der Waals surface area contributed by atoms with Crippen molar-refractivity contribution in [1.29, 1.82) is 0 Å². The molecule has 0 saturated heterocycles. The molecule has 0 bridgehead atoms. The minimum absolute atomic E-state index is 0.151. The van der Waals surface area contributed by atoms with Gasteiger partial charge in [0.15, 0.2) is 0 Å². The first-order valence-electron chi connectivity index (χ1n) is 6.61. The highest BCUT2D eigenvalue weighted by atomic mass is 35.5. The lowest BCUT2D eigenvalue weighted by Gasteiger charge is -2.03. The molecule has 0 aliphatic carbocycles. The van der Waals surface area contributed by atoms with E-state index < -0.39 is 0 Å². The number of aromatic nitrogens is 3. The summed E-state index contributed by atoms with van der Waals surface area (Å²) in [7, 11) is 0. The first-order chi connectivity index (χ1) is 10.0. The Morgan fingerprint density at radius 2 is 2.14 bits per heavy atom. The first-order valence-corrected chi connectivity index (χ1v) is 6.99. The van der Waals surface area contributed by atoms with E-state index in [4.69, 9.17) is 11.6 Å². The smallest absolute Gasteiger partial charge is 0.267 e. The molecule has 3 aromatic rings. The molecule has 0 atom stereocenters. The zero-order valence-electron chi connectivity index (χ0n) is 11.7. The van der Waals surface area contributed by atoms with E-state index in [-0.39, 0.29) is 5.91 Å². The van der Waals surface area contributed by atoms with Gasteiger partial charge in [0.2, 0.25) is 0 Å². The van der Waals surface area contributed by atoms with Crippen molar-refractivity contribution >= 4 is 28.4 Å². The van der Waals surface area contributed by atoms with Gasteiger partial charge in [-0.2, -0.15) is 5.10 Å². The zero-order valence-corrected chi connectivity index (χ0v) is 12.5. The highest BCUT2D eigenvalue weighted by Gasteiger charge is 2.12. The molecule has 0 radical (unpaired) electrons. The second-order valence-electron chi connectivity index (χ2n) is 5.01. The van der Waals surface area contributed by atoms with E-state index in [1.807, 2.05) is 26.0 Å². The summed E-state index contributed by atoms with van der Waals surface area (Å²) in [6, 6.07) is 7.28. The third-order valence-corrected chi connectivity index (χ3v) is 3.77. The summed E-state index contributed by atoms with van der Waals surface area (Å²) in [5, 5.41) is 11.5. The van der Waals surface area contributed by atoms with Gasteiger partial charge in [-0.1, -0.05) is 11.6 Å². The van der Waals surface area contributed by atoms with Crippen LogP contribution in [0.15, 0.2) is 24.3 Å². The number of carbonyl (C=O) groups is 1. The van der Waals surface area contributed by atoms with E-state index in [0.29, 0.717) is 17.3 Å². The molecule has 3 rings (SSSR count). The Kier molecular flexibility index (Phi) is 3.43. The van der Waals surface area contributed by atoms with Crippen LogP contribution in [0.2, 0.25) is 5.02 Å². The lowest BCUT2D eigenvalue weighted by Crippen LogP contribution is -2.23. The van der Waals surface area contributed by atoms with Crippen molar-refractivity contribution in [2.75, 3.05) is 0 Å². The summed E-state index contributed by atoms with van der Waals surface area (Å²) in [5.74, 6) is -0.151. The number of aryl methyl sites for hydroxylation is 2. The van der Waals surface area contributed by atoms with E-state index in [0.717, 1.165) is 27.9 Å². The number of hydrogen-bond acceptors (Lipinski definition) is 2. The molecular weight excluding hydrogens is 288 g/mol. The topological polar surface area (TPSA) is 73.6 Å². The largest absolute Gasteiger partial charge is 0.351 e. The summed E-state index contributed by atoms with van der Waals surface area (Å²) in [4.78, 5) is 15.3. The molecule has 3 N–H and O–H groups in total. The van der Waals surface area contributed by atoms with E-state index in [1.165, 1.54) is 0 Å². The maximum absolute atomic E-state index is 12.2. The zero-order chi connectivity index (χ0) is 15.0. The Hall–Kier alpha value is -2.27. The minimum atomic E-state index is -0.151. The molecule has 0 aliphatic heterocycles. The second-order valence-corrected chi connectivity index (χ2v) is 5.45. The fourth-order valence-corrected chi connectivity index (χ4v) is 2.50. The Bertz CT molecular complexity index is 799. The van der Waals surface area contributed by atoms with Crippen LogP contribution in [-0.4, -0.2) is 21.1 Å². The van der Waals surface area contributed by atoms with Gasteiger partial charge >= 0.3 is 0 Å². The summed E-state index contributed by atoms with van der Waals surface area (Å²) >= 11 is 5.95. The van der Waals surface area contributed by atoms with Gasteiger partial charge in [0.25, 0.3) is 5.91 Å². The van der Waals surface area contributed by atoms with Crippen LogP contribution in [-0.2, 0) is 6.54 Å². The minimum Gasteiger partial charge on any atom is -0.351 e. The maximum Gasteiger partial charge on any atom is 0.267 e. The molecule has 0 spiro atoms. The van der Waals surface area contributed by atoms with Crippen molar-refractivity contribution in [1.82, 2.24) is 20.5 Å². The molecule has 6 heteroatoms. The van der Waals surface area contributed by atoms with E-state index in [2.05, 4.69) is 20.5 Å². The molecular formula is C15H15ClN4O. The number of halogens is 1. The van der Waals surface area contributed by atoms with Gasteiger partial charge in [0.1, 0.15) is 5.69 Å². The van der Waals surface area contributed by atoms with Crippen LogP contribution < -0.4 is 5.32 Å². The fourth-order valence-electron chi connectivity index (χ4n) is 2.32. The summed E-state index contributed by atoms with van der Waals surface area (Å²) in [5.41, 5.74) is 4.29. The third-order valence-electron chi connectivity index (χ3n) is 3.53. The predicted molar refractivity (Wildman–Crippen MR) is 82.5 cm³/mol. The second kappa shape index (κ2) is 5.26. The van der Waals surface area contributed by atoms with Gasteiger partial charge < -0.3 is 10.3 Å². The Balaban J connectivity index is 1.78. The van der Waals surface area contributed by atoms with Crippen molar-refractivity contribution in [3.63, 3.8) is 0 Å². The highest BCUT2D eigenvalue weighted by Crippen LogP contribution is 2.20. The number of amides is 1. The number of aromatic amines is 2. The molecule has 2 heterocycles. The van der Waals surface area contributed by atoms with Gasteiger partial charge in [-0.15, -0.1) is 0 Å². The van der Waals surface area contributed by atoms with Crippen LogP contribution >= 0.6 is 11.6 Å². The van der Waals surface area contributed by atoms with Gasteiger partial charge in [0, 0.05) is 33.7 Å². The number of carbonyl (C=O) groups excluding carboxylic acids is 1. The van der Waals surface area contributed by atoms with Crippen LogP contribution in [0.1, 0.15) is 27.4 Å². The average Bonchev–Trinajstić information content (AvgIpc) is 3.00. The summed E-state index contributed by atoms with van der Waals surface area (Å²) < 4.78 is 0.